The smallest absolute Gasteiger partial charge is 0.236 e. The molecule has 2 rings (SSSR count). The minimum Gasteiger partial charge on any atom is -0.344 e. The molecule has 1 aliphatic heterocycles. The maximum atomic E-state index is 12.2. The highest BCUT2D eigenvalue weighted by atomic mass is 16.2. The lowest BCUT2D eigenvalue weighted by Gasteiger charge is -2.23. The second-order valence-corrected chi connectivity index (χ2v) is 5.30. The van der Waals surface area contributed by atoms with Crippen molar-refractivity contribution in [2.24, 2.45) is 0 Å². The lowest BCUT2D eigenvalue weighted by Crippen LogP contribution is -2.40. The molecule has 1 aromatic rings. The molecule has 1 saturated heterocycles. The summed E-state index contributed by atoms with van der Waals surface area (Å²) < 4.78 is 0. The molecule has 2 heterocycles. The van der Waals surface area contributed by atoms with Gasteiger partial charge in [-0.25, -0.2) is 0 Å². The van der Waals surface area contributed by atoms with E-state index in [9.17, 15) is 4.79 Å². The standard InChI is InChI=1S/C15H24N4O/c1-18(11-5-14-3-7-17-8-4-14)15(20)13-19-10-2-6-16-9-12-19/h3-4,7-8,16H,2,5-6,9-13H2,1H3. The second kappa shape index (κ2) is 7.97. The lowest BCUT2D eigenvalue weighted by atomic mass is 10.2. The summed E-state index contributed by atoms with van der Waals surface area (Å²) in [5.41, 5.74) is 1.22. The van der Waals surface area contributed by atoms with Crippen molar-refractivity contribution < 1.29 is 4.79 Å². The first-order valence-corrected chi connectivity index (χ1v) is 7.31. The van der Waals surface area contributed by atoms with Crippen LogP contribution in [-0.4, -0.2) is 67.0 Å². The van der Waals surface area contributed by atoms with Gasteiger partial charge in [-0.2, -0.15) is 0 Å². The number of pyridine rings is 1. The Bertz CT molecular complexity index is 402. The molecule has 0 aliphatic carbocycles. The first-order valence-electron chi connectivity index (χ1n) is 7.31. The highest BCUT2D eigenvalue weighted by Crippen LogP contribution is 2.01. The third kappa shape index (κ3) is 4.90. The van der Waals surface area contributed by atoms with E-state index in [0.717, 1.165) is 45.6 Å². The predicted molar refractivity (Wildman–Crippen MR) is 79.5 cm³/mol. The summed E-state index contributed by atoms with van der Waals surface area (Å²) in [6, 6.07) is 4.00. The van der Waals surface area contributed by atoms with E-state index in [4.69, 9.17) is 0 Å². The Labute approximate surface area is 121 Å². The van der Waals surface area contributed by atoms with Gasteiger partial charge in [0.25, 0.3) is 0 Å². The minimum absolute atomic E-state index is 0.209. The van der Waals surface area contributed by atoms with Crippen LogP contribution >= 0.6 is 0 Å². The summed E-state index contributed by atoms with van der Waals surface area (Å²) in [5, 5.41) is 3.35. The molecule has 0 saturated carbocycles. The van der Waals surface area contributed by atoms with Crippen LogP contribution in [0.1, 0.15) is 12.0 Å². The maximum absolute atomic E-state index is 12.2. The molecule has 5 heteroatoms. The molecule has 110 valence electrons. The number of hydrogen-bond donors (Lipinski definition) is 1. The number of likely N-dealkylation sites (N-methyl/N-ethyl adjacent to an activating group) is 1. The van der Waals surface area contributed by atoms with Crippen LogP contribution in [0.2, 0.25) is 0 Å². The Morgan fingerprint density at radius 2 is 2.15 bits per heavy atom. The Morgan fingerprint density at radius 3 is 2.95 bits per heavy atom. The van der Waals surface area contributed by atoms with Crippen molar-refractivity contribution in [3.05, 3.63) is 30.1 Å². The van der Waals surface area contributed by atoms with Crippen LogP contribution in [-0.2, 0) is 11.2 Å². The maximum Gasteiger partial charge on any atom is 0.236 e. The van der Waals surface area contributed by atoms with Crippen molar-refractivity contribution in [1.29, 1.82) is 0 Å². The molecule has 0 unspecified atom stereocenters. The summed E-state index contributed by atoms with van der Waals surface area (Å²) in [4.78, 5) is 20.3. The van der Waals surface area contributed by atoms with Gasteiger partial charge in [-0.15, -0.1) is 0 Å². The van der Waals surface area contributed by atoms with Crippen LogP contribution in [0.15, 0.2) is 24.5 Å². The number of nitrogens with one attached hydrogen (secondary N) is 1. The van der Waals surface area contributed by atoms with Crippen molar-refractivity contribution in [2.45, 2.75) is 12.8 Å². The third-order valence-corrected chi connectivity index (χ3v) is 3.70. The minimum atomic E-state index is 0.209. The number of hydrogen-bond acceptors (Lipinski definition) is 4. The molecule has 1 aromatic heterocycles. The van der Waals surface area contributed by atoms with E-state index < -0.39 is 0 Å². The fourth-order valence-electron chi connectivity index (χ4n) is 2.34. The van der Waals surface area contributed by atoms with E-state index in [1.54, 1.807) is 12.4 Å². The molecule has 1 aliphatic rings. The van der Waals surface area contributed by atoms with Gasteiger partial charge in [0.15, 0.2) is 0 Å². The van der Waals surface area contributed by atoms with Gasteiger partial charge >= 0.3 is 0 Å². The van der Waals surface area contributed by atoms with Gasteiger partial charge in [0.05, 0.1) is 6.54 Å². The molecule has 0 atom stereocenters. The largest absolute Gasteiger partial charge is 0.344 e. The Hall–Kier alpha value is -1.46. The summed E-state index contributed by atoms with van der Waals surface area (Å²) in [5.74, 6) is 0.209. The SMILES string of the molecule is CN(CCc1ccncc1)C(=O)CN1CCCNCC1. The normalized spacial score (nSPS) is 16.6. The van der Waals surface area contributed by atoms with Gasteiger partial charge in [0.1, 0.15) is 0 Å². The zero-order valence-corrected chi connectivity index (χ0v) is 12.2. The van der Waals surface area contributed by atoms with E-state index in [2.05, 4.69) is 15.2 Å². The van der Waals surface area contributed by atoms with Crippen LogP contribution in [0.3, 0.4) is 0 Å². The van der Waals surface area contributed by atoms with Gasteiger partial charge in [-0.3, -0.25) is 14.7 Å². The molecule has 0 aromatic carbocycles. The number of rotatable bonds is 5. The summed E-state index contributed by atoms with van der Waals surface area (Å²) in [7, 11) is 1.89. The van der Waals surface area contributed by atoms with E-state index >= 15 is 0 Å². The third-order valence-electron chi connectivity index (χ3n) is 3.70. The Morgan fingerprint density at radius 1 is 1.35 bits per heavy atom. The van der Waals surface area contributed by atoms with Crippen LogP contribution in [0, 0.1) is 0 Å². The molecule has 1 fully saturated rings. The van der Waals surface area contributed by atoms with Crippen LogP contribution in [0.5, 0.6) is 0 Å². The zero-order chi connectivity index (χ0) is 14.2. The van der Waals surface area contributed by atoms with Crippen molar-refractivity contribution in [2.75, 3.05) is 46.3 Å². The molecule has 0 radical (unpaired) electrons. The fraction of sp³-hybridized carbons (Fsp3) is 0.600. The topological polar surface area (TPSA) is 48.5 Å². The Balaban J connectivity index is 1.73. The molecule has 1 N–H and O–H groups in total. The molecule has 0 spiro atoms. The molecule has 5 nitrogen and oxygen atoms in total. The first-order chi connectivity index (χ1) is 9.75. The van der Waals surface area contributed by atoms with Gasteiger partial charge in [-0.05, 0) is 43.6 Å². The van der Waals surface area contributed by atoms with Crippen molar-refractivity contribution in [3.8, 4) is 0 Å². The summed E-state index contributed by atoms with van der Waals surface area (Å²) >= 11 is 0. The molecular formula is C15H24N4O. The molecular weight excluding hydrogens is 252 g/mol. The van der Waals surface area contributed by atoms with Gasteiger partial charge < -0.3 is 10.2 Å². The number of carbonyl (C=O) groups is 1. The predicted octanol–water partition coefficient (Wildman–Crippen LogP) is 0.378. The zero-order valence-electron chi connectivity index (χ0n) is 12.2. The fourth-order valence-corrected chi connectivity index (χ4v) is 2.34. The first kappa shape index (κ1) is 14.9. The molecule has 20 heavy (non-hydrogen) atoms. The highest BCUT2D eigenvalue weighted by molar-refractivity contribution is 5.78. The van der Waals surface area contributed by atoms with Crippen molar-refractivity contribution in [3.63, 3.8) is 0 Å². The summed E-state index contributed by atoms with van der Waals surface area (Å²) in [6.45, 7) is 5.31. The number of carbonyl (C=O) groups excluding carboxylic acids is 1. The highest BCUT2D eigenvalue weighted by Gasteiger charge is 2.15. The average Bonchev–Trinajstić information content (AvgIpc) is 2.74. The Kier molecular flexibility index (Phi) is 5.95. The van der Waals surface area contributed by atoms with Gasteiger partial charge in [0.2, 0.25) is 5.91 Å². The van der Waals surface area contributed by atoms with E-state index in [0.29, 0.717) is 6.54 Å². The average molecular weight is 276 g/mol. The van der Waals surface area contributed by atoms with Crippen molar-refractivity contribution in [1.82, 2.24) is 20.1 Å². The van der Waals surface area contributed by atoms with Crippen molar-refractivity contribution >= 4 is 5.91 Å². The van der Waals surface area contributed by atoms with Gasteiger partial charge in [0, 0.05) is 39.1 Å². The number of nitrogens with zero attached hydrogens (tertiary/aromatic N) is 3. The number of aromatic nitrogens is 1. The quantitative estimate of drug-likeness (QED) is 0.844. The lowest BCUT2D eigenvalue weighted by molar-refractivity contribution is -0.131. The van der Waals surface area contributed by atoms with Gasteiger partial charge in [-0.1, -0.05) is 0 Å². The molecule has 0 bridgehead atoms. The van der Waals surface area contributed by atoms with Crippen LogP contribution in [0.4, 0.5) is 0 Å². The summed E-state index contributed by atoms with van der Waals surface area (Å²) in [6.07, 6.45) is 5.59. The molecule has 1 amide bonds. The van der Waals surface area contributed by atoms with E-state index in [1.165, 1.54) is 5.56 Å². The van der Waals surface area contributed by atoms with Crippen LogP contribution < -0.4 is 5.32 Å². The monoisotopic (exact) mass is 276 g/mol. The van der Waals surface area contributed by atoms with Crippen LogP contribution in [0.25, 0.3) is 0 Å². The van der Waals surface area contributed by atoms with E-state index in [1.807, 2.05) is 24.1 Å². The van der Waals surface area contributed by atoms with E-state index in [-0.39, 0.29) is 5.91 Å². The second-order valence-electron chi connectivity index (χ2n) is 5.30. The number of amides is 1.